The number of fused-ring (bicyclic) bond motifs is 1. The number of carbonyl (C=O) groups excluding carboxylic acids is 1. The van der Waals surface area contributed by atoms with Crippen molar-refractivity contribution < 1.29 is 23.2 Å². The molecule has 2 heterocycles. The van der Waals surface area contributed by atoms with Crippen LogP contribution in [0.25, 0.3) is 10.8 Å². The van der Waals surface area contributed by atoms with Gasteiger partial charge < -0.3 is 24.2 Å². The molecule has 1 amide bonds. The van der Waals surface area contributed by atoms with Gasteiger partial charge in [0.25, 0.3) is 5.91 Å². The van der Waals surface area contributed by atoms with Crippen LogP contribution in [0.4, 0.5) is 15.8 Å². The lowest BCUT2D eigenvalue weighted by atomic mass is 10.0. The predicted molar refractivity (Wildman–Crippen MR) is 132 cm³/mol. The average Bonchev–Trinajstić information content (AvgIpc) is 3.19. The number of carbonyl (C=O) groups is 1. The number of hydrogen-bond donors (Lipinski definition) is 1. The molecule has 1 saturated heterocycles. The van der Waals surface area contributed by atoms with E-state index in [4.69, 9.17) is 14.0 Å². The SMILES string of the molecule is Cc1noc(C)c1COc1cc2ccccc2cc1C(=O)Nc1ccc(N2CCOCC2)c(F)c1. The van der Waals surface area contributed by atoms with Crippen molar-refractivity contribution in [2.75, 3.05) is 36.5 Å². The molecule has 7 nitrogen and oxygen atoms in total. The van der Waals surface area contributed by atoms with Crippen LogP contribution in [0.3, 0.4) is 0 Å². The van der Waals surface area contributed by atoms with Crippen molar-refractivity contribution in [2.45, 2.75) is 20.5 Å². The number of ether oxygens (including phenoxy) is 2. The fraction of sp³-hybridized carbons (Fsp3) is 0.259. The van der Waals surface area contributed by atoms with Crippen LogP contribution >= 0.6 is 0 Å². The van der Waals surface area contributed by atoms with Crippen LogP contribution in [0.1, 0.15) is 27.4 Å². The Morgan fingerprint density at radius 1 is 1.09 bits per heavy atom. The lowest BCUT2D eigenvalue weighted by Gasteiger charge is -2.29. The summed E-state index contributed by atoms with van der Waals surface area (Å²) in [6.07, 6.45) is 0. The number of benzene rings is 3. The highest BCUT2D eigenvalue weighted by Crippen LogP contribution is 2.29. The molecule has 3 aromatic carbocycles. The van der Waals surface area contributed by atoms with Gasteiger partial charge in [0.1, 0.15) is 23.9 Å². The fourth-order valence-electron chi connectivity index (χ4n) is 4.22. The third-order valence-electron chi connectivity index (χ3n) is 6.20. The molecule has 0 aliphatic carbocycles. The van der Waals surface area contributed by atoms with E-state index < -0.39 is 5.82 Å². The smallest absolute Gasteiger partial charge is 0.259 e. The van der Waals surface area contributed by atoms with E-state index >= 15 is 0 Å². The van der Waals surface area contributed by atoms with Gasteiger partial charge in [-0.15, -0.1) is 0 Å². The first-order valence-electron chi connectivity index (χ1n) is 11.5. The normalized spacial score (nSPS) is 13.7. The summed E-state index contributed by atoms with van der Waals surface area (Å²) >= 11 is 0. The van der Waals surface area contributed by atoms with E-state index in [2.05, 4.69) is 10.5 Å². The van der Waals surface area contributed by atoms with E-state index in [1.54, 1.807) is 18.2 Å². The van der Waals surface area contributed by atoms with Crippen LogP contribution < -0.4 is 15.0 Å². The molecule has 0 bridgehead atoms. The highest BCUT2D eigenvalue weighted by atomic mass is 19.1. The second-order valence-electron chi connectivity index (χ2n) is 8.51. The number of aromatic nitrogens is 1. The maximum Gasteiger partial charge on any atom is 0.259 e. The van der Waals surface area contributed by atoms with Crippen LogP contribution in [0.5, 0.6) is 5.75 Å². The first kappa shape index (κ1) is 22.9. The minimum atomic E-state index is -0.391. The summed E-state index contributed by atoms with van der Waals surface area (Å²) in [4.78, 5) is 15.2. The number of anilines is 2. The molecule has 180 valence electrons. The molecule has 5 rings (SSSR count). The quantitative estimate of drug-likeness (QED) is 0.410. The summed E-state index contributed by atoms with van der Waals surface area (Å²) in [5, 5.41) is 8.62. The second kappa shape index (κ2) is 9.76. The first-order valence-corrected chi connectivity index (χ1v) is 11.5. The molecule has 1 aromatic heterocycles. The highest BCUT2D eigenvalue weighted by Gasteiger charge is 2.19. The molecule has 1 fully saturated rings. The molecule has 35 heavy (non-hydrogen) atoms. The van der Waals surface area contributed by atoms with Crippen LogP contribution in [0, 0.1) is 19.7 Å². The molecular formula is C27H26FN3O4. The lowest BCUT2D eigenvalue weighted by molar-refractivity contribution is 0.102. The fourth-order valence-corrected chi connectivity index (χ4v) is 4.22. The molecular weight excluding hydrogens is 449 g/mol. The Labute approximate surface area is 202 Å². The van der Waals surface area contributed by atoms with Gasteiger partial charge in [0.2, 0.25) is 0 Å². The summed E-state index contributed by atoms with van der Waals surface area (Å²) < 4.78 is 31.5. The van der Waals surface area contributed by atoms with Gasteiger partial charge in [0.05, 0.1) is 35.7 Å². The topological polar surface area (TPSA) is 76.8 Å². The first-order chi connectivity index (χ1) is 17.0. The van der Waals surface area contributed by atoms with Crippen molar-refractivity contribution in [1.29, 1.82) is 0 Å². The number of rotatable bonds is 6. The van der Waals surface area contributed by atoms with E-state index in [1.807, 2.05) is 49.1 Å². The number of morpholine rings is 1. The number of hydrogen-bond acceptors (Lipinski definition) is 6. The molecule has 0 atom stereocenters. The number of amides is 1. The Hall–Kier alpha value is -3.91. The van der Waals surface area contributed by atoms with Gasteiger partial charge in [0.15, 0.2) is 0 Å². The van der Waals surface area contributed by atoms with Crippen molar-refractivity contribution in [3.05, 3.63) is 83.0 Å². The van der Waals surface area contributed by atoms with Crippen molar-refractivity contribution in [1.82, 2.24) is 5.16 Å². The minimum absolute atomic E-state index is 0.211. The average molecular weight is 476 g/mol. The zero-order valence-corrected chi connectivity index (χ0v) is 19.6. The Balaban J connectivity index is 1.41. The standard InChI is InChI=1S/C27H26FN3O4/c1-17-23(18(2)35-30-17)16-34-26-14-20-6-4-3-5-19(20)13-22(26)27(32)29-21-7-8-25(24(28)15-21)31-9-11-33-12-10-31/h3-8,13-15H,9-12,16H2,1-2H3,(H,29,32). The zero-order valence-electron chi connectivity index (χ0n) is 19.6. The van der Waals surface area contributed by atoms with Crippen molar-refractivity contribution >= 4 is 28.1 Å². The summed E-state index contributed by atoms with van der Waals surface area (Å²) in [7, 11) is 0. The maximum absolute atomic E-state index is 14.9. The summed E-state index contributed by atoms with van der Waals surface area (Å²) in [6.45, 7) is 6.27. The summed E-state index contributed by atoms with van der Waals surface area (Å²) in [5.74, 6) is 0.317. The molecule has 1 aliphatic rings. The molecule has 0 radical (unpaired) electrons. The number of halogens is 1. The van der Waals surface area contributed by atoms with Crippen LogP contribution in [-0.4, -0.2) is 37.4 Å². The molecule has 0 unspecified atom stereocenters. The third-order valence-corrected chi connectivity index (χ3v) is 6.20. The van der Waals surface area contributed by atoms with Crippen molar-refractivity contribution in [3.63, 3.8) is 0 Å². The Morgan fingerprint density at radius 2 is 1.83 bits per heavy atom. The number of aryl methyl sites for hydroxylation is 2. The largest absolute Gasteiger partial charge is 0.488 e. The van der Waals surface area contributed by atoms with Gasteiger partial charge in [-0.1, -0.05) is 29.4 Å². The van der Waals surface area contributed by atoms with Crippen LogP contribution in [-0.2, 0) is 11.3 Å². The van der Waals surface area contributed by atoms with E-state index in [1.165, 1.54) is 6.07 Å². The van der Waals surface area contributed by atoms with Gasteiger partial charge in [-0.25, -0.2) is 4.39 Å². The zero-order chi connectivity index (χ0) is 24.4. The summed E-state index contributed by atoms with van der Waals surface area (Å²) in [6, 6.07) is 16.1. The monoisotopic (exact) mass is 475 g/mol. The van der Waals surface area contributed by atoms with Crippen LogP contribution in [0.15, 0.2) is 59.1 Å². The van der Waals surface area contributed by atoms with E-state index in [-0.39, 0.29) is 12.5 Å². The number of nitrogens with one attached hydrogen (secondary N) is 1. The Bertz CT molecular complexity index is 1360. The highest BCUT2D eigenvalue weighted by molar-refractivity contribution is 6.08. The minimum Gasteiger partial charge on any atom is -0.488 e. The van der Waals surface area contributed by atoms with Gasteiger partial charge >= 0.3 is 0 Å². The molecule has 4 aromatic rings. The van der Waals surface area contributed by atoms with Gasteiger partial charge in [-0.2, -0.15) is 0 Å². The van der Waals surface area contributed by atoms with Gasteiger partial charge in [-0.05, 0) is 55.0 Å². The van der Waals surface area contributed by atoms with Gasteiger partial charge in [-0.3, -0.25) is 4.79 Å². The Morgan fingerprint density at radius 3 is 2.51 bits per heavy atom. The number of nitrogens with zero attached hydrogens (tertiary/aromatic N) is 2. The maximum atomic E-state index is 14.9. The lowest BCUT2D eigenvalue weighted by Crippen LogP contribution is -2.36. The van der Waals surface area contributed by atoms with Crippen LogP contribution in [0.2, 0.25) is 0 Å². The molecule has 1 aliphatic heterocycles. The van der Waals surface area contributed by atoms with E-state index in [0.29, 0.717) is 54.8 Å². The van der Waals surface area contributed by atoms with E-state index in [0.717, 1.165) is 22.0 Å². The predicted octanol–water partition coefficient (Wildman–Crippen LogP) is 5.25. The molecule has 0 spiro atoms. The molecule has 8 heteroatoms. The molecule has 0 saturated carbocycles. The summed E-state index contributed by atoms with van der Waals surface area (Å²) in [5.41, 5.74) is 2.80. The van der Waals surface area contributed by atoms with E-state index in [9.17, 15) is 9.18 Å². The Kier molecular flexibility index (Phi) is 6.37. The van der Waals surface area contributed by atoms with Gasteiger partial charge in [0, 0.05) is 18.8 Å². The second-order valence-corrected chi connectivity index (χ2v) is 8.51. The van der Waals surface area contributed by atoms with Crippen molar-refractivity contribution in [2.24, 2.45) is 0 Å². The third kappa shape index (κ3) is 4.83. The van der Waals surface area contributed by atoms with Crippen molar-refractivity contribution in [3.8, 4) is 5.75 Å². The molecule has 1 N–H and O–H groups in total.